The van der Waals surface area contributed by atoms with Crippen molar-refractivity contribution in [2.75, 3.05) is 25.0 Å². The van der Waals surface area contributed by atoms with Gasteiger partial charge in [-0.05, 0) is 55.2 Å². The van der Waals surface area contributed by atoms with E-state index in [2.05, 4.69) is 10.3 Å². The summed E-state index contributed by atoms with van der Waals surface area (Å²) < 4.78 is 27.2. The van der Waals surface area contributed by atoms with E-state index in [9.17, 15) is 18.7 Å². The Balaban J connectivity index is 1.61. The van der Waals surface area contributed by atoms with Gasteiger partial charge in [-0.15, -0.1) is 0 Å². The molecule has 0 radical (unpaired) electrons. The summed E-state index contributed by atoms with van der Waals surface area (Å²) in [5.41, 5.74) is 8.13. The van der Waals surface area contributed by atoms with Crippen molar-refractivity contribution in [1.29, 1.82) is 0 Å². The van der Waals surface area contributed by atoms with Crippen LogP contribution in [0.25, 0.3) is 5.57 Å². The second-order valence-electron chi connectivity index (χ2n) is 9.40. The molecular weight excluding hydrogens is 488 g/mol. The molecular formula is C29H31F2N5O2. The van der Waals surface area contributed by atoms with Gasteiger partial charge in [0.15, 0.2) is 11.6 Å². The largest absolute Gasteiger partial charge is 0.402 e. The Labute approximate surface area is 220 Å². The maximum Gasteiger partial charge on any atom is 0.251 e. The van der Waals surface area contributed by atoms with Crippen molar-refractivity contribution in [3.63, 3.8) is 0 Å². The fraction of sp³-hybridized carbons (Fsp3) is 0.276. The number of nitrogens with two attached hydrogens (primary N) is 1. The normalized spacial score (nSPS) is 15.9. The number of carbonyl (C=O) groups excluding carboxylic acids is 1. The van der Waals surface area contributed by atoms with E-state index in [0.717, 1.165) is 17.7 Å². The van der Waals surface area contributed by atoms with E-state index in [1.807, 2.05) is 35.2 Å². The first kappa shape index (κ1) is 26.9. The van der Waals surface area contributed by atoms with E-state index in [1.165, 1.54) is 6.07 Å². The lowest BCUT2D eigenvalue weighted by molar-refractivity contribution is 0.0113. The molecule has 1 aliphatic heterocycles. The molecule has 7 nitrogen and oxygen atoms in total. The SMILES string of the molecule is CN=C/C(=C(/C)N)c1cc(C(=O)NCc2ccccc2)cc(N2CCC(O)(c3ccc(F)c(F)c3)CC2)n1. The maximum atomic E-state index is 13.8. The second-order valence-corrected chi connectivity index (χ2v) is 9.40. The highest BCUT2D eigenvalue weighted by Gasteiger charge is 2.35. The first-order valence-corrected chi connectivity index (χ1v) is 12.4. The van der Waals surface area contributed by atoms with Crippen molar-refractivity contribution < 1.29 is 18.7 Å². The van der Waals surface area contributed by atoms with Gasteiger partial charge in [0.1, 0.15) is 5.82 Å². The Hall–Kier alpha value is -4.11. The number of carbonyl (C=O) groups is 1. The van der Waals surface area contributed by atoms with E-state index >= 15 is 0 Å². The molecule has 1 fully saturated rings. The molecule has 1 aliphatic rings. The molecule has 38 heavy (non-hydrogen) atoms. The van der Waals surface area contributed by atoms with E-state index in [1.54, 1.807) is 32.3 Å². The third-order valence-corrected chi connectivity index (χ3v) is 6.70. The summed E-state index contributed by atoms with van der Waals surface area (Å²) in [6.45, 7) is 2.88. The number of aliphatic imine (C=N–C) groups is 1. The molecule has 3 aromatic rings. The van der Waals surface area contributed by atoms with Crippen molar-refractivity contribution >= 4 is 23.5 Å². The quantitative estimate of drug-likeness (QED) is 0.407. The predicted octanol–water partition coefficient (Wildman–Crippen LogP) is 4.17. The van der Waals surface area contributed by atoms with Crippen molar-refractivity contribution in [2.24, 2.45) is 10.7 Å². The second kappa shape index (κ2) is 11.5. The van der Waals surface area contributed by atoms with Gasteiger partial charge < -0.3 is 21.1 Å². The zero-order valence-corrected chi connectivity index (χ0v) is 21.4. The number of benzene rings is 2. The standard InChI is InChI=1S/C29H31F2N5O2/c1-19(32)23(18-33-2)26-14-21(28(37)34-17-20-6-4-3-5-7-20)15-27(35-26)36-12-10-29(38,11-13-36)22-8-9-24(30)25(31)16-22/h3-9,14-16,18,38H,10-13,17,32H2,1-2H3,(H,34,37)/b23-19+,33-18?. The first-order valence-electron chi connectivity index (χ1n) is 12.4. The highest BCUT2D eigenvalue weighted by molar-refractivity contribution is 6.10. The van der Waals surface area contributed by atoms with Gasteiger partial charge in [0.05, 0.1) is 11.3 Å². The van der Waals surface area contributed by atoms with Crippen LogP contribution in [0.2, 0.25) is 0 Å². The van der Waals surface area contributed by atoms with Gasteiger partial charge >= 0.3 is 0 Å². The van der Waals surface area contributed by atoms with Gasteiger partial charge in [0, 0.05) is 49.7 Å². The zero-order valence-electron chi connectivity index (χ0n) is 21.4. The van der Waals surface area contributed by atoms with Gasteiger partial charge in [-0.1, -0.05) is 36.4 Å². The zero-order chi connectivity index (χ0) is 27.3. The van der Waals surface area contributed by atoms with E-state index < -0.39 is 17.2 Å². The number of anilines is 1. The first-order chi connectivity index (χ1) is 18.2. The van der Waals surface area contributed by atoms with Crippen LogP contribution in [0.5, 0.6) is 0 Å². The van der Waals surface area contributed by atoms with Gasteiger partial charge in [-0.25, -0.2) is 13.8 Å². The number of hydrogen-bond donors (Lipinski definition) is 3. The molecule has 2 heterocycles. The lowest BCUT2D eigenvalue weighted by Gasteiger charge is -2.39. The molecule has 1 aromatic heterocycles. The number of aliphatic hydroxyl groups is 1. The Morgan fingerprint density at radius 2 is 1.84 bits per heavy atom. The Morgan fingerprint density at radius 3 is 2.47 bits per heavy atom. The van der Waals surface area contributed by atoms with Gasteiger partial charge in [0.25, 0.3) is 5.91 Å². The minimum Gasteiger partial charge on any atom is -0.402 e. The van der Waals surface area contributed by atoms with Crippen LogP contribution >= 0.6 is 0 Å². The fourth-order valence-electron chi connectivity index (χ4n) is 4.51. The van der Waals surface area contributed by atoms with Crippen molar-refractivity contribution in [1.82, 2.24) is 10.3 Å². The van der Waals surface area contributed by atoms with Crippen LogP contribution < -0.4 is 16.0 Å². The number of piperidine rings is 1. The molecule has 4 rings (SSSR count). The Morgan fingerprint density at radius 1 is 1.13 bits per heavy atom. The number of nitrogens with zero attached hydrogens (tertiary/aromatic N) is 3. The number of nitrogens with one attached hydrogen (secondary N) is 1. The van der Waals surface area contributed by atoms with Crippen LogP contribution in [0.3, 0.4) is 0 Å². The fourth-order valence-corrected chi connectivity index (χ4v) is 4.51. The molecule has 0 bridgehead atoms. The number of amides is 1. The number of hydrogen-bond acceptors (Lipinski definition) is 6. The maximum absolute atomic E-state index is 13.8. The van der Waals surface area contributed by atoms with E-state index in [4.69, 9.17) is 10.7 Å². The van der Waals surface area contributed by atoms with E-state index in [0.29, 0.717) is 53.5 Å². The molecule has 0 atom stereocenters. The summed E-state index contributed by atoms with van der Waals surface area (Å²) in [5.74, 6) is -1.67. The predicted molar refractivity (Wildman–Crippen MR) is 145 cm³/mol. The molecule has 0 aliphatic carbocycles. The average Bonchev–Trinajstić information content (AvgIpc) is 2.92. The monoisotopic (exact) mass is 519 g/mol. The number of pyridine rings is 1. The van der Waals surface area contributed by atoms with Crippen molar-refractivity contribution in [3.8, 4) is 0 Å². The number of aromatic nitrogens is 1. The lowest BCUT2D eigenvalue weighted by atomic mass is 9.84. The summed E-state index contributed by atoms with van der Waals surface area (Å²) in [7, 11) is 1.63. The highest BCUT2D eigenvalue weighted by Crippen LogP contribution is 2.35. The van der Waals surface area contributed by atoms with Crippen LogP contribution in [0.15, 0.2) is 71.4 Å². The molecule has 2 aromatic carbocycles. The Bertz CT molecular complexity index is 1360. The lowest BCUT2D eigenvalue weighted by Crippen LogP contribution is -2.43. The molecule has 4 N–H and O–H groups in total. The molecule has 0 saturated carbocycles. The van der Waals surface area contributed by atoms with Crippen molar-refractivity contribution in [2.45, 2.75) is 31.9 Å². The number of halogens is 2. The minimum absolute atomic E-state index is 0.267. The number of allylic oxidation sites excluding steroid dienone is 2. The summed E-state index contributed by atoms with van der Waals surface area (Å²) >= 11 is 0. The smallest absolute Gasteiger partial charge is 0.251 e. The summed E-state index contributed by atoms with van der Waals surface area (Å²) in [6, 6.07) is 16.5. The van der Waals surface area contributed by atoms with Gasteiger partial charge in [-0.2, -0.15) is 0 Å². The summed E-state index contributed by atoms with van der Waals surface area (Å²) in [5, 5.41) is 14.1. The van der Waals surface area contributed by atoms with Gasteiger partial charge in [0.2, 0.25) is 0 Å². The van der Waals surface area contributed by atoms with Crippen LogP contribution in [-0.2, 0) is 12.1 Å². The molecule has 1 amide bonds. The summed E-state index contributed by atoms with van der Waals surface area (Å²) in [4.78, 5) is 24.0. The number of rotatable bonds is 7. The van der Waals surface area contributed by atoms with E-state index in [-0.39, 0.29) is 18.7 Å². The highest BCUT2D eigenvalue weighted by atomic mass is 19.2. The molecule has 1 saturated heterocycles. The average molecular weight is 520 g/mol. The Kier molecular flexibility index (Phi) is 8.16. The third-order valence-electron chi connectivity index (χ3n) is 6.70. The molecule has 0 spiro atoms. The van der Waals surface area contributed by atoms with Crippen LogP contribution in [0, 0.1) is 11.6 Å². The van der Waals surface area contributed by atoms with Crippen LogP contribution in [0.4, 0.5) is 14.6 Å². The minimum atomic E-state index is -1.30. The van der Waals surface area contributed by atoms with Crippen molar-refractivity contribution in [3.05, 3.63) is 100 Å². The van der Waals surface area contributed by atoms with Crippen LogP contribution in [-0.4, -0.2) is 42.3 Å². The molecule has 0 unspecified atom stereocenters. The third kappa shape index (κ3) is 6.06. The molecule has 198 valence electrons. The summed E-state index contributed by atoms with van der Waals surface area (Å²) in [6.07, 6.45) is 2.15. The van der Waals surface area contributed by atoms with Gasteiger partial charge in [-0.3, -0.25) is 9.79 Å². The van der Waals surface area contributed by atoms with Crippen LogP contribution in [0.1, 0.15) is 46.9 Å². The topological polar surface area (TPSA) is 104 Å². The molecule has 9 heteroatoms.